The maximum Gasteiger partial charge on any atom is 0.218 e. The van der Waals surface area contributed by atoms with E-state index in [0.29, 0.717) is 18.6 Å². The van der Waals surface area contributed by atoms with E-state index >= 15 is 0 Å². The van der Waals surface area contributed by atoms with E-state index in [2.05, 4.69) is 19.2 Å². The van der Waals surface area contributed by atoms with Crippen LogP contribution in [0, 0.1) is 5.41 Å². The van der Waals surface area contributed by atoms with Crippen molar-refractivity contribution in [2.75, 3.05) is 6.61 Å². The zero-order valence-corrected chi connectivity index (χ0v) is 11.5. The van der Waals surface area contributed by atoms with Crippen LogP contribution in [0.4, 0.5) is 0 Å². The maximum absolute atomic E-state index is 10.9. The van der Waals surface area contributed by atoms with E-state index < -0.39 is 0 Å². The van der Waals surface area contributed by atoms with Gasteiger partial charge in [0.15, 0.2) is 0 Å². The molecule has 1 aliphatic rings. The Kier molecular flexibility index (Phi) is 4.95. The molecular weight excluding hydrogens is 216 g/mol. The normalized spacial score (nSPS) is 34.1. The number of primary amides is 1. The Hall–Kier alpha value is -0.610. The Bertz CT molecular complexity index is 270. The fourth-order valence-electron chi connectivity index (χ4n) is 2.71. The Labute approximate surface area is 104 Å². The monoisotopic (exact) mass is 242 g/mol. The Balaban J connectivity index is 2.48. The van der Waals surface area contributed by atoms with E-state index in [4.69, 9.17) is 10.5 Å². The summed E-state index contributed by atoms with van der Waals surface area (Å²) in [5.74, 6) is -0.246. The first-order valence-corrected chi connectivity index (χ1v) is 6.60. The molecule has 4 nitrogen and oxygen atoms in total. The third-order valence-electron chi connectivity index (χ3n) is 4.10. The summed E-state index contributed by atoms with van der Waals surface area (Å²) < 4.78 is 5.75. The van der Waals surface area contributed by atoms with Crippen molar-refractivity contribution < 1.29 is 9.53 Å². The minimum Gasteiger partial charge on any atom is -0.378 e. The summed E-state index contributed by atoms with van der Waals surface area (Å²) >= 11 is 0. The van der Waals surface area contributed by atoms with Gasteiger partial charge in [0.25, 0.3) is 0 Å². The summed E-state index contributed by atoms with van der Waals surface area (Å²) in [4.78, 5) is 10.9. The smallest absolute Gasteiger partial charge is 0.218 e. The highest BCUT2D eigenvalue weighted by Crippen LogP contribution is 2.46. The van der Waals surface area contributed by atoms with Crippen LogP contribution in [-0.4, -0.2) is 30.7 Å². The van der Waals surface area contributed by atoms with Gasteiger partial charge in [0.05, 0.1) is 6.10 Å². The second-order valence-electron chi connectivity index (χ2n) is 5.33. The van der Waals surface area contributed by atoms with E-state index in [1.54, 1.807) is 0 Å². The summed E-state index contributed by atoms with van der Waals surface area (Å²) in [7, 11) is 0. The molecule has 0 aromatic heterocycles. The third kappa shape index (κ3) is 3.19. The number of nitrogens with two attached hydrogens (primary N) is 1. The molecule has 4 heteroatoms. The first kappa shape index (κ1) is 14.5. The molecular formula is C13H26N2O2. The van der Waals surface area contributed by atoms with E-state index in [1.165, 1.54) is 0 Å². The lowest BCUT2D eigenvalue weighted by molar-refractivity contribution is -0.129. The fourth-order valence-corrected chi connectivity index (χ4v) is 2.71. The molecule has 1 fully saturated rings. The largest absolute Gasteiger partial charge is 0.378 e. The minimum atomic E-state index is -0.246. The molecule has 3 N–H and O–H groups in total. The molecule has 4 atom stereocenters. The molecule has 0 aliphatic heterocycles. The van der Waals surface area contributed by atoms with Crippen molar-refractivity contribution in [1.82, 2.24) is 5.32 Å². The summed E-state index contributed by atoms with van der Waals surface area (Å²) in [6.07, 6.45) is 2.85. The zero-order valence-electron chi connectivity index (χ0n) is 11.5. The molecule has 1 aliphatic carbocycles. The Morgan fingerprint density at radius 1 is 1.59 bits per heavy atom. The second-order valence-corrected chi connectivity index (χ2v) is 5.33. The quantitative estimate of drug-likeness (QED) is 0.710. The van der Waals surface area contributed by atoms with E-state index in [0.717, 1.165) is 19.4 Å². The molecule has 100 valence electrons. The molecule has 4 unspecified atom stereocenters. The van der Waals surface area contributed by atoms with Gasteiger partial charge in [-0.1, -0.05) is 13.8 Å². The van der Waals surface area contributed by atoms with Crippen molar-refractivity contribution >= 4 is 5.91 Å². The van der Waals surface area contributed by atoms with Crippen molar-refractivity contribution in [2.45, 2.75) is 65.1 Å². The van der Waals surface area contributed by atoms with Crippen LogP contribution in [-0.2, 0) is 9.53 Å². The number of rotatable bonds is 7. The average molecular weight is 242 g/mol. The van der Waals surface area contributed by atoms with E-state index in [-0.39, 0.29) is 17.4 Å². The number of hydrogen-bond donors (Lipinski definition) is 2. The molecule has 0 saturated heterocycles. The number of carbonyl (C=O) groups excluding carboxylic acids is 1. The van der Waals surface area contributed by atoms with Crippen molar-refractivity contribution in [3.63, 3.8) is 0 Å². The van der Waals surface area contributed by atoms with Crippen LogP contribution in [0.1, 0.15) is 47.0 Å². The number of nitrogens with one attached hydrogen (secondary N) is 1. The maximum atomic E-state index is 10.9. The highest BCUT2D eigenvalue weighted by Gasteiger charge is 2.51. The molecule has 17 heavy (non-hydrogen) atoms. The van der Waals surface area contributed by atoms with Gasteiger partial charge in [-0.25, -0.2) is 0 Å². The molecule has 0 heterocycles. The summed E-state index contributed by atoms with van der Waals surface area (Å²) in [6.45, 7) is 9.26. The molecule has 1 rings (SSSR count). The van der Waals surface area contributed by atoms with Gasteiger partial charge in [-0.05, 0) is 26.7 Å². The van der Waals surface area contributed by atoms with Gasteiger partial charge in [-0.2, -0.15) is 0 Å². The van der Waals surface area contributed by atoms with Gasteiger partial charge >= 0.3 is 0 Å². The second kappa shape index (κ2) is 5.83. The van der Waals surface area contributed by atoms with Gasteiger partial charge in [0.1, 0.15) is 0 Å². The summed E-state index contributed by atoms with van der Waals surface area (Å²) in [6, 6.07) is 0.573. The van der Waals surface area contributed by atoms with Crippen LogP contribution in [0.3, 0.4) is 0 Å². The highest BCUT2D eigenvalue weighted by molar-refractivity contribution is 5.74. The van der Waals surface area contributed by atoms with Crippen LogP contribution in [0.2, 0.25) is 0 Å². The van der Waals surface area contributed by atoms with Crippen LogP contribution >= 0.6 is 0 Å². The molecule has 1 saturated carbocycles. The molecule has 0 bridgehead atoms. The summed E-state index contributed by atoms with van der Waals surface area (Å²) in [5.41, 5.74) is 5.38. The molecule has 0 radical (unpaired) electrons. The average Bonchev–Trinajstić information content (AvgIpc) is 2.25. The highest BCUT2D eigenvalue weighted by atomic mass is 16.5. The molecule has 0 aromatic rings. The van der Waals surface area contributed by atoms with Crippen LogP contribution in [0.15, 0.2) is 0 Å². The fraction of sp³-hybridized carbons (Fsp3) is 0.923. The number of amides is 1. The lowest BCUT2D eigenvalue weighted by Gasteiger charge is -2.54. The van der Waals surface area contributed by atoms with Crippen LogP contribution in [0.5, 0.6) is 0 Å². The first-order chi connectivity index (χ1) is 7.93. The predicted octanol–water partition coefficient (Wildman–Crippen LogP) is 1.43. The number of hydrogen-bond acceptors (Lipinski definition) is 3. The SMILES string of the molecule is CCOC1CC(NC(C)CC(N)=O)C1(C)CC. The molecule has 0 spiro atoms. The Morgan fingerprint density at radius 2 is 2.24 bits per heavy atom. The minimum absolute atomic E-state index is 0.144. The van der Waals surface area contributed by atoms with Crippen molar-refractivity contribution in [2.24, 2.45) is 11.1 Å². The third-order valence-corrected chi connectivity index (χ3v) is 4.10. The van der Waals surface area contributed by atoms with Gasteiger partial charge in [-0.15, -0.1) is 0 Å². The Morgan fingerprint density at radius 3 is 2.71 bits per heavy atom. The van der Waals surface area contributed by atoms with E-state index in [9.17, 15) is 4.79 Å². The number of carbonyl (C=O) groups is 1. The van der Waals surface area contributed by atoms with Gasteiger partial charge in [0.2, 0.25) is 5.91 Å². The van der Waals surface area contributed by atoms with Crippen molar-refractivity contribution in [1.29, 1.82) is 0 Å². The van der Waals surface area contributed by atoms with Crippen molar-refractivity contribution in [3.05, 3.63) is 0 Å². The van der Waals surface area contributed by atoms with Crippen molar-refractivity contribution in [3.8, 4) is 0 Å². The first-order valence-electron chi connectivity index (χ1n) is 6.60. The predicted molar refractivity (Wildman–Crippen MR) is 68.6 cm³/mol. The van der Waals surface area contributed by atoms with Crippen LogP contribution in [0.25, 0.3) is 0 Å². The lowest BCUT2D eigenvalue weighted by Crippen LogP contribution is -2.63. The lowest BCUT2D eigenvalue weighted by atomic mass is 9.61. The summed E-state index contributed by atoms with van der Waals surface area (Å²) in [5, 5.41) is 3.50. The topological polar surface area (TPSA) is 64.3 Å². The standard InChI is InChI=1S/C13H26N2O2/c1-5-13(4)10(8-11(13)17-6-2)15-9(3)7-12(14)16/h9-11,15H,5-8H2,1-4H3,(H2,14,16). The number of ether oxygens (including phenoxy) is 1. The van der Waals surface area contributed by atoms with Gasteiger partial charge < -0.3 is 15.8 Å². The molecule has 1 amide bonds. The van der Waals surface area contributed by atoms with E-state index in [1.807, 2.05) is 13.8 Å². The van der Waals surface area contributed by atoms with Crippen LogP contribution < -0.4 is 11.1 Å². The molecule has 0 aromatic carbocycles. The van der Waals surface area contributed by atoms with Gasteiger partial charge in [0, 0.05) is 30.5 Å². The van der Waals surface area contributed by atoms with Gasteiger partial charge in [-0.3, -0.25) is 4.79 Å². The zero-order chi connectivity index (χ0) is 13.1.